The quantitative estimate of drug-likeness (QED) is 0.430. The Morgan fingerprint density at radius 2 is 1.44 bits per heavy atom. The Morgan fingerprint density at radius 1 is 0.853 bits per heavy atom. The molecule has 0 saturated heterocycles. The molecule has 4 rings (SSSR count). The smallest absolute Gasteiger partial charge is 0.307 e. The van der Waals surface area contributed by atoms with Crippen LogP contribution in [-0.4, -0.2) is 29.4 Å². The van der Waals surface area contributed by atoms with Crippen molar-refractivity contribution >= 4 is 23.3 Å². The minimum atomic E-state index is -0.895. The van der Waals surface area contributed by atoms with Crippen molar-refractivity contribution < 1.29 is 24.2 Å². The fourth-order valence-corrected chi connectivity index (χ4v) is 4.16. The predicted octanol–water partition coefficient (Wildman–Crippen LogP) is 5.23. The first-order valence-electron chi connectivity index (χ1n) is 11.4. The lowest BCUT2D eigenvalue weighted by molar-refractivity contribution is -0.146. The number of Topliss-reactive ketones (excluding diaryl/α,β-unsaturated/α-hetero) is 1. The van der Waals surface area contributed by atoms with E-state index in [4.69, 9.17) is 4.74 Å². The standard InChI is InChI=1S/C28H27NO5/c1-2-34-23-13-3-18(4-14-23)17-26(30)29-22-11-9-20(10-12-22)19-5-7-21(8-6-19)27(31)24-15-16-25(24)28(32)33/h3-14,24-25H,2,15-17H2,1H3,(H,29,30)(H,32,33)/t24-,25-/m1/s1. The molecule has 0 bridgehead atoms. The predicted molar refractivity (Wildman–Crippen MR) is 130 cm³/mol. The number of carboxylic acids is 1. The van der Waals surface area contributed by atoms with Gasteiger partial charge in [-0.2, -0.15) is 0 Å². The molecule has 2 atom stereocenters. The number of aliphatic carboxylic acids is 1. The Kier molecular flexibility index (Phi) is 7.07. The lowest BCUT2D eigenvalue weighted by Gasteiger charge is -2.31. The lowest BCUT2D eigenvalue weighted by atomic mass is 9.70. The second-order valence-electron chi connectivity index (χ2n) is 8.45. The largest absolute Gasteiger partial charge is 0.494 e. The van der Waals surface area contributed by atoms with E-state index < -0.39 is 17.8 Å². The summed E-state index contributed by atoms with van der Waals surface area (Å²) in [6, 6.07) is 22.2. The molecule has 0 spiro atoms. The van der Waals surface area contributed by atoms with Crippen LogP contribution in [-0.2, 0) is 16.0 Å². The van der Waals surface area contributed by atoms with Crippen LogP contribution in [0.1, 0.15) is 35.7 Å². The van der Waals surface area contributed by atoms with Gasteiger partial charge in [-0.15, -0.1) is 0 Å². The van der Waals surface area contributed by atoms with E-state index in [-0.39, 0.29) is 18.1 Å². The number of rotatable bonds is 9. The summed E-state index contributed by atoms with van der Waals surface area (Å²) < 4.78 is 5.42. The summed E-state index contributed by atoms with van der Waals surface area (Å²) in [5.41, 5.74) is 4.04. The molecule has 174 valence electrons. The van der Waals surface area contributed by atoms with E-state index in [1.165, 1.54) is 0 Å². The fraction of sp³-hybridized carbons (Fsp3) is 0.250. The second kappa shape index (κ2) is 10.3. The summed E-state index contributed by atoms with van der Waals surface area (Å²) >= 11 is 0. The molecule has 1 aliphatic carbocycles. The minimum Gasteiger partial charge on any atom is -0.494 e. The van der Waals surface area contributed by atoms with E-state index in [1.54, 1.807) is 12.1 Å². The van der Waals surface area contributed by atoms with Crippen molar-refractivity contribution in [2.45, 2.75) is 26.2 Å². The van der Waals surface area contributed by atoms with Gasteiger partial charge in [-0.1, -0.05) is 48.5 Å². The molecule has 6 heteroatoms. The van der Waals surface area contributed by atoms with Crippen molar-refractivity contribution in [1.29, 1.82) is 0 Å². The van der Waals surface area contributed by atoms with Crippen molar-refractivity contribution in [2.24, 2.45) is 11.8 Å². The normalized spacial score (nSPS) is 16.9. The first-order chi connectivity index (χ1) is 16.4. The van der Waals surface area contributed by atoms with Gasteiger partial charge in [0.05, 0.1) is 18.9 Å². The van der Waals surface area contributed by atoms with Gasteiger partial charge in [0.25, 0.3) is 0 Å². The van der Waals surface area contributed by atoms with Crippen LogP contribution in [0.5, 0.6) is 5.75 Å². The highest BCUT2D eigenvalue weighted by molar-refractivity contribution is 6.01. The van der Waals surface area contributed by atoms with E-state index in [1.807, 2.05) is 67.6 Å². The molecule has 3 aromatic rings. The van der Waals surface area contributed by atoms with E-state index in [0.29, 0.717) is 30.7 Å². The maximum absolute atomic E-state index is 12.6. The maximum Gasteiger partial charge on any atom is 0.307 e. The van der Waals surface area contributed by atoms with Gasteiger partial charge in [-0.25, -0.2) is 0 Å². The number of hydrogen-bond acceptors (Lipinski definition) is 4. The zero-order chi connectivity index (χ0) is 24.1. The van der Waals surface area contributed by atoms with Crippen LogP contribution in [0.4, 0.5) is 5.69 Å². The monoisotopic (exact) mass is 457 g/mol. The van der Waals surface area contributed by atoms with Gasteiger partial charge in [0.2, 0.25) is 5.91 Å². The third-order valence-corrected chi connectivity index (χ3v) is 6.20. The lowest BCUT2D eigenvalue weighted by Crippen LogP contribution is -2.38. The molecule has 1 amide bonds. The Balaban J connectivity index is 1.34. The van der Waals surface area contributed by atoms with Gasteiger partial charge in [0, 0.05) is 17.2 Å². The average Bonchev–Trinajstić information content (AvgIpc) is 2.80. The molecule has 0 aromatic heterocycles. The van der Waals surface area contributed by atoms with Crippen molar-refractivity contribution in [2.75, 3.05) is 11.9 Å². The van der Waals surface area contributed by atoms with E-state index in [2.05, 4.69) is 5.32 Å². The summed E-state index contributed by atoms with van der Waals surface area (Å²) in [4.78, 5) is 36.2. The van der Waals surface area contributed by atoms with E-state index in [9.17, 15) is 19.5 Å². The molecule has 0 aliphatic heterocycles. The van der Waals surface area contributed by atoms with Gasteiger partial charge in [0.1, 0.15) is 5.75 Å². The third kappa shape index (κ3) is 5.34. The first kappa shape index (κ1) is 23.2. The zero-order valence-electron chi connectivity index (χ0n) is 19.0. The minimum absolute atomic E-state index is 0.101. The second-order valence-corrected chi connectivity index (χ2v) is 8.45. The highest BCUT2D eigenvalue weighted by atomic mass is 16.5. The number of ketones is 1. The van der Waals surface area contributed by atoms with Gasteiger partial charge in [-0.05, 0) is 60.7 Å². The molecule has 34 heavy (non-hydrogen) atoms. The summed E-state index contributed by atoms with van der Waals surface area (Å²) in [5, 5.41) is 12.1. The Hall–Kier alpha value is -3.93. The SMILES string of the molecule is CCOc1ccc(CC(=O)Nc2ccc(-c3ccc(C(=O)[C@@H]4CC[C@H]4C(=O)O)cc3)cc2)cc1. The van der Waals surface area contributed by atoms with E-state index in [0.717, 1.165) is 22.4 Å². The Labute approximate surface area is 198 Å². The summed E-state index contributed by atoms with van der Waals surface area (Å²) in [6.45, 7) is 2.53. The van der Waals surface area contributed by atoms with Crippen LogP contribution in [0.3, 0.4) is 0 Å². The van der Waals surface area contributed by atoms with Crippen molar-refractivity contribution in [3.63, 3.8) is 0 Å². The zero-order valence-corrected chi connectivity index (χ0v) is 19.0. The molecule has 1 saturated carbocycles. The van der Waals surface area contributed by atoms with Gasteiger partial charge in [0.15, 0.2) is 5.78 Å². The summed E-state index contributed by atoms with van der Waals surface area (Å²) in [5.74, 6) is -1.30. The Bertz CT molecular complexity index is 1170. The van der Waals surface area contributed by atoms with Crippen LogP contribution >= 0.6 is 0 Å². The van der Waals surface area contributed by atoms with Gasteiger partial charge < -0.3 is 15.2 Å². The topological polar surface area (TPSA) is 92.7 Å². The number of hydrogen-bond donors (Lipinski definition) is 2. The first-order valence-corrected chi connectivity index (χ1v) is 11.4. The number of amides is 1. The van der Waals surface area contributed by atoms with Crippen LogP contribution in [0, 0.1) is 11.8 Å². The number of anilines is 1. The van der Waals surface area contributed by atoms with Gasteiger partial charge >= 0.3 is 5.97 Å². The molecule has 1 fully saturated rings. The fourth-order valence-electron chi connectivity index (χ4n) is 4.16. The van der Waals surface area contributed by atoms with Crippen LogP contribution in [0.25, 0.3) is 11.1 Å². The Morgan fingerprint density at radius 3 is 1.97 bits per heavy atom. The average molecular weight is 458 g/mol. The molecule has 0 unspecified atom stereocenters. The number of benzene rings is 3. The van der Waals surface area contributed by atoms with Crippen molar-refractivity contribution in [3.8, 4) is 16.9 Å². The molecule has 2 N–H and O–H groups in total. The van der Waals surface area contributed by atoms with Crippen molar-refractivity contribution in [3.05, 3.63) is 83.9 Å². The molecule has 1 aliphatic rings. The number of ether oxygens (including phenoxy) is 1. The van der Waals surface area contributed by atoms with E-state index >= 15 is 0 Å². The number of nitrogens with one attached hydrogen (secondary N) is 1. The number of carbonyl (C=O) groups is 3. The third-order valence-electron chi connectivity index (χ3n) is 6.20. The summed E-state index contributed by atoms with van der Waals surface area (Å²) in [7, 11) is 0. The van der Waals surface area contributed by atoms with Crippen molar-refractivity contribution in [1.82, 2.24) is 0 Å². The molecule has 6 nitrogen and oxygen atoms in total. The molecule has 0 heterocycles. The molecule has 3 aromatic carbocycles. The van der Waals surface area contributed by atoms with Crippen LogP contribution < -0.4 is 10.1 Å². The highest BCUT2D eigenvalue weighted by Crippen LogP contribution is 2.37. The van der Waals surface area contributed by atoms with Crippen LogP contribution in [0.2, 0.25) is 0 Å². The van der Waals surface area contributed by atoms with Crippen LogP contribution in [0.15, 0.2) is 72.8 Å². The molecule has 0 radical (unpaired) electrons. The highest BCUT2D eigenvalue weighted by Gasteiger charge is 2.41. The molecular formula is C28H27NO5. The number of carbonyl (C=O) groups excluding carboxylic acids is 2. The summed E-state index contributed by atoms with van der Waals surface area (Å²) in [6.07, 6.45) is 1.46. The number of carboxylic acid groups (broad SMARTS) is 1. The molecular weight excluding hydrogens is 430 g/mol. The van der Waals surface area contributed by atoms with Gasteiger partial charge in [-0.3, -0.25) is 14.4 Å². The maximum atomic E-state index is 12.6.